The lowest BCUT2D eigenvalue weighted by Gasteiger charge is -2.39. The van der Waals surface area contributed by atoms with Crippen LogP contribution in [0.3, 0.4) is 0 Å². The van der Waals surface area contributed by atoms with Crippen LogP contribution in [0.1, 0.15) is 19.8 Å². The summed E-state index contributed by atoms with van der Waals surface area (Å²) in [5.74, 6) is -1.34. The van der Waals surface area contributed by atoms with E-state index in [2.05, 4.69) is 0 Å². The molecule has 2 amide bonds. The third-order valence-corrected chi connectivity index (χ3v) is 9.29. The Balaban J connectivity index is 0.00000320. The first-order valence-corrected chi connectivity index (χ1v) is 13.9. The highest BCUT2D eigenvalue weighted by atomic mass is 35.5. The second kappa shape index (κ2) is 9.98. The van der Waals surface area contributed by atoms with Gasteiger partial charge in [0.2, 0.25) is 0 Å². The van der Waals surface area contributed by atoms with Crippen LogP contribution in [-0.2, 0) is 19.4 Å². The molecule has 1 unspecified atom stereocenters. The second-order valence-corrected chi connectivity index (χ2v) is 12.5. The van der Waals surface area contributed by atoms with Gasteiger partial charge in [-0.15, -0.1) is 12.4 Å². The summed E-state index contributed by atoms with van der Waals surface area (Å²) >= 11 is 6.01. The van der Waals surface area contributed by atoms with Gasteiger partial charge in [-0.1, -0.05) is 23.7 Å². The lowest BCUT2D eigenvalue weighted by molar-refractivity contribution is -0.149. The Hall–Kier alpha value is -2.53. The molecular weight excluding hydrogens is 539 g/mol. The molecule has 37 heavy (non-hydrogen) atoms. The number of piperidine rings is 1. The van der Waals surface area contributed by atoms with Crippen molar-refractivity contribution in [2.24, 2.45) is 0 Å². The zero-order valence-corrected chi connectivity index (χ0v) is 23.0. The monoisotopic (exact) mass is 568 g/mol. The summed E-state index contributed by atoms with van der Waals surface area (Å²) < 4.78 is 26.2. The number of hydrogen-bond acceptors (Lipinski definition) is 7. The molecule has 2 aromatic carbocycles. The fourth-order valence-corrected chi connectivity index (χ4v) is 7.08. The third-order valence-electron chi connectivity index (χ3n) is 7.14. The molecule has 5 rings (SSSR count). The van der Waals surface area contributed by atoms with E-state index in [1.807, 2.05) is 27.9 Å². The molecule has 1 N–H and O–H groups in total. The van der Waals surface area contributed by atoms with E-state index in [1.165, 1.54) is 24.0 Å². The smallest absolute Gasteiger partial charge is 0.273 e. The largest absolute Gasteiger partial charge is 0.379 e. The van der Waals surface area contributed by atoms with Crippen LogP contribution in [0.15, 0.2) is 53.2 Å². The van der Waals surface area contributed by atoms with Gasteiger partial charge in [0.05, 0.1) is 24.0 Å². The predicted octanol–water partition coefficient (Wildman–Crippen LogP) is 2.28. The van der Waals surface area contributed by atoms with Crippen molar-refractivity contribution in [3.63, 3.8) is 0 Å². The number of sulfone groups is 1. The molecule has 3 aliphatic heterocycles. The first-order valence-electron chi connectivity index (χ1n) is 11.9. The van der Waals surface area contributed by atoms with Crippen LogP contribution in [-0.4, -0.2) is 95.8 Å². The first-order chi connectivity index (χ1) is 16.9. The molecule has 200 valence electrons. The van der Waals surface area contributed by atoms with Crippen molar-refractivity contribution in [2.45, 2.75) is 36.3 Å². The highest BCUT2D eigenvalue weighted by Crippen LogP contribution is 2.30. The molecule has 0 aliphatic carbocycles. The van der Waals surface area contributed by atoms with Gasteiger partial charge in [-0.05, 0) is 54.8 Å². The fraction of sp³-hybridized carbons (Fsp3) is 0.440. The molecule has 0 radical (unpaired) electrons. The van der Waals surface area contributed by atoms with Crippen molar-refractivity contribution >= 4 is 56.4 Å². The second-order valence-electron chi connectivity index (χ2n) is 10.1. The summed E-state index contributed by atoms with van der Waals surface area (Å²) in [4.78, 5) is 33.3. The van der Waals surface area contributed by atoms with Crippen molar-refractivity contribution in [3.8, 4) is 0 Å². The summed E-state index contributed by atoms with van der Waals surface area (Å²) in [6.07, 6.45) is 3.00. The van der Waals surface area contributed by atoms with E-state index >= 15 is 0 Å². The van der Waals surface area contributed by atoms with Crippen LogP contribution in [0.5, 0.6) is 0 Å². The zero-order valence-electron chi connectivity index (χ0n) is 20.6. The molecule has 0 aromatic heterocycles. The summed E-state index contributed by atoms with van der Waals surface area (Å²) in [5.41, 5.74) is -1.39. The molecule has 0 spiro atoms. The summed E-state index contributed by atoms with van der Waals surface area (Å²) in [5, 5.41) is 13.0. The number of halogens is 2. The van der Waals surface area contributed by atoms with E-state index in [0.29, 0.717) is 55.4 Å². The van der Waals surface area contributed by atoms with Crippen molar-refractivity contribution in [2.75, 3.05) is 39.2 Å². The van der Waals surface area contributed by atoms with Gasteiger partial charge < -0.3 is 24.7 Å². The minimum absolute atomic E-state index is 0. The van der Waals surface area contributed by atoms with Crippen molar-refractivity contribution in [1.29, 1.82) is 0 Å². The van der Waals surface area contributed by atoms with Gasteiger partial charge in [-0.2, -0.15) is 0 Å². The maximum absolute atomic E-state index is 13.2. The number of carbonyl (C=O) groups is 2. The fourth-order valence-electron chi connectivity index (χ4n) is 5.29. The maximum Gasteiger partial charge on any atom is 0.273 e. The standard InChI is InChI=1S/C25H29ClN4O5S.ClH/c1-25(33,14-36(34,35)21-6-4-17-11-19(26)5-3-18(17)12-21)24(32)28-9-7-20(8-10-28)30-16-29-15-27(2)13-22(29)23(30)31;/h3-6,11-13,20,33H,7-10,14-16H2,1-2H3;1H. The molecule has 12 heteroatoms. The van der Waals surface area contributed by atoms with Crippen LogP contribution in [0.25, 0.3) is 10.8 Å². The lowest BCUT2D eigenvalue weighted by Crippen LogP contribution is -2.55. The van der Waals surface area contributed by atoms with E-state index < -0.39 is 27.1 Å². The summed E-state index contributed by atoms with van der Waals surface area (Å²) in [6.45, 7) is 3.15. The number of hydrogen-bond donors (Lipinski definition) is 1. The van der Waals surface area contributed by atoms with Gasteiger partial charge in [0, 0.05) is 37.4 Å². The normalized spacial score (nSPS) is 20.1. The number of benzene rings is 2. The van der Waals surface area contributed by atoms with E-state index in [-0.39, 0.29) is 29.3 Å². The molecule has 0 bridgehead atoms. The van der Waals surface area contributed by atoms with E-state index in [1.54, 1.807) is 24.3 Å². The molecule has 2 aromatic rings. The molecule has 9 nitrogen and oxygen atoms in total. The average Bonchev–Trinajstić information content (AvgIpc) is 3.34. The van der Waals surface area contributed by atoms with Crippen molar-refractivity contribution in [1.82, 2.24) is 19.6 Å². The molecule has 3 aliphatic rings. The Morgan fingerprint density at radius 3 is 2.43 bits per heavy atom. The van der Waals surface area contributed by atoms with Crippen LogP contribution >= 0.6 is 24.0 Å². The van der Waals surface area contributed by atoms with E-state index in [9.17, 15) is 23.1 Å². The molecular formula is C25H30Cl2N4O5S. The van der Waals surface area contributed by atoms with Crippen LogP contribution < -0.4 is 0 Å². The number of carbonyl (C=O) groups excluding carboxylic acids is 2. The van der Waals surface area contributed by atoms with Crippen LogP contribution in [0, 0.1) is 0 Å². The van der Waals surface area contributed by atoms with Crippen molar-refractivity contribution < 1.29 is 23.1 Å². The lowest BCUT2D eigenvalue weighted by atomic mass is 10.0. The van der Waals surface area contributed by atoms with E-state index in [4.69, 9.17) is 11.6 Å². The predicted molar refractivity (Wildman–Crippen MR) is 143 cm³/mol. The molecule has 2 fully saturated rings. The quantitative estimate of drug-likeness (QED) is 0.590. The van der Waals surface area contributed by atoms with Crippen LogP contribution in [0.2, 0.25) is 5.02 Å². The van der Waals surface area contributed by atoms with Gasteiger partial charge in [0.1, 0.15) is 5.70 Å². The molecule has 2 saturated heterocycles. The number of rotatable bonds is 5. The van der Waals surface area contributed by atoms with Gasteiger partial charge >= 0.3 is 0 Å². The summed E-state index contributed by atoms with van der Waals surface area (Å²) in [6, 6.07) is 9.80. The summed E-state index contributed by atoms with van der Waals surface area (Å²) in [7, 11) is -2.02. The molecule has 1 atom stereocenters. The Morgan fingerprint density at radius 1 is 1.11 bits per heavy atom. The Labute approximate surface area is 227 Å². The first kappa shape index (κ1) is 27.5. The van der Waals surface area contributed by atoms with Crippen molar-refractivity contribution in [3.05, 3.63) is 53.3 Å². The van der Waals surface area contributed by atoms with E-state index in [0.717, 1.165) is 5.39 Å². The number of likely N-dealkylation sites (tertiary alicyclic amines) is 1. The topological polar surface area (TPSA) is 101 Å². The molecule has 0 saturated carbocycles. The Kier molecular flexibility index (Phi) is 7.42. The maximum atomic E-state index is 13.2. The Morgan fingerprint density at radius 2 is 1.76 bits per heavy atom. The van der Waals surface area contributed by atoms with Gasteiger partial charge in [0.25, 0.3) is 11.8 Å². The molecule has 3 heterocycles. The Bertz CT molecular complexity index is 1370. The van der Waals surface area contributed by atoms with Crippen LogP contribution in [0.4, 0.5) is 0 Å². The highest BCUT2D eigenvalue weighted by Gasteiger charge is 2.44. The third kappa shape index (κ3) is 5.25. The number of fused-ring (bicyclic) bond motifs is 2. The number of nitrogens with zero attached hydrogens (tertiary/aromatic N) is 4. The van der Waals surface area contributed by atoms with Gasteiger partial charge in [0.15, 0.2) is 15.4 Å². The average molecular weight is 570 g/mol. The highest BCUT2D eigenvalue weighted by molar-refractivity contribution is 7.91. The van der Waals surface area contributed by atoms with Gasteiger partial charge in [-0.3, -0.25) is 9.59 Å². The minimum Gasteiger partial charge on any atom is -0.379 e. The zero-order chi connectivity index (χ0) is 25.8. The van der Waals surface area contributed by atoms with Gasteiger partial charge in [-0.25, -0.2) is 8.42 Å². The number of amides is 2. The minimum atomic E-state index is -3.95. The number of aliphatic hydroxyl groups is 1. The SMILES string of the molecule is CN1C=C2C(=O)N(C3CCN(C(=O)C(C)(O)CS(=O)(=O)c4ccc5cc(Cl)ccc5c4)CC3)CN2C1.Cl.